The van der Waals surface area contributed by atoms with Gasteiger partial charge in [-0.2, -0.15) is 0 Å². The monoisotopic (exact) mass is 114 g/mol. The number of rotatable bonds is 1. The summed E-state index contributed by atoms with van der Waals surface area (Å²) in [7, 11) is 1.72. The van der Waals surface area contributed by atoms with Crippen molar-refractivity contribution in [2.75, 3.05) is 7.05 Å². The van der Waals surface area contributed by atoms with Crippen molar-refractivity contribution >= 4 is 5.82 Å². The Morgan fingerprint density at radius 2 is 2.22 bits per heavy atom. The number of nitrogens with zero attached hydrogens (tertiary/aromatic N) is 2. The minimum atomic E-state index is 0. The Kier molecular flexibility index (Phi) is 4.21. The average molecular weight is 114 g/mol. The van der Waals surface area contributed by atoms with E-state index >= 15 is 0 Å². The van der Waals surface area contributed by atoms with Crippen LogP contribution in [0.15, 0.2) is 24.4 Å². The Labute approximate surface area is 66.9 Å². The molecule has 3 heteroatoms. The van der Waals surface area contributed by atoms with E-state index < -0.39 is 0 Å². The van der Waals surface area contributed by atoms with Crippen molar-refractivity contribution in [3.8, 4) is 0 Å². The summed E-state index contributed by atoms with van der Waals surface area (Å²) in [5.41, 5.74) is 0. The van der Waals surface area contributed by atoms with Crippen LogP contribution in [0.3, 0.4) is 0 Å². The van der Waals surface area contributed by atoms with Gasteiger partial charge in [-0.05, 0) is 0 Å². The molecule has 0 amide bonds. The maximum atomic E-state index is 3.93. The number of aromatic nitrogens is 1. The molecule has 0 aliphatic carbocycles. The summed E-state index contributed by atoms with van der Waals surface area (Å²) < 4.78 is 0. The second-order valence-electron chi connectivity index (χ2n) is 1.41. The van der Waals surface area contributed by atoms with Gasteiger partial charge in [-0.1, -0.05) is 37.3 Å². The third-order valence-corrected chi connectivity index (χ3v) is 0.878. The van der Waals surface area contributed by atoms with Crippen LogP contribution in [0.4, 0.5) is 5.82 Å². The molecule has 0 aliphatic rings. The molecule has 0 fully saturated rings. The van der Waals surface area contributed by atoms with E-state index in [9.17, 15) is 0 Å². The Hall–Kier alpha value is -0.453. The number of pyridine rings is 1. The molecule has 2 nitrogen and oxygen atoms in total. The normalized spacial score (nSPS) is 7.67. The predicted molar refractivity (Wildman–Crippen MR) is 33.2 cm³/mol. The molecular weight excluding hydrogens is 107 g/mol. The van der Waals surface area contributed by atoms with Crippen molar-refractivity contribution in [3.63, 3.8) is 0 Å². The van der Waals surface area contributed by atoms with E-state index in [0.29, 0.717) is 0 Å². The van der Waals surface area contributed by atoms with Crippen molar-refractivity contribution in [2.45, 2.75) is 0 Å². The van der Waals surface area contributed by atoms with Crippen LogP contribution in [0.25, 0.3) is 5.32 Å². The molecule has 1 aromatic heterocycles. The van der Waals surface area contributed by atoms with Crippen LogP contribution in [-0.4, -0.2) is 12.0 Å². The first kappa shape index (κ1) is 8.55. The van der Waals surface area contributed by atoms with E-state index in [1.807, 2.05) is 18.2 Å². The molecule has 0 aromatic carbocycles. The molecule has 1 rings (SSSR count). The van der Waals surface area contributed by atoms with E-state index in [0.717, 1.165) is 5.82 Å². The van der Waals surface area contributed by atoms with E-state index in [4.69, 9.17) is 0 Å². The van der Waals surface area contributed by atoms with Crippen molar-refractivity contribution in [1.82, 2.24) is 4.98 Å². The average Bonchev–Trinajstić information content (AvgIpc) is 1.90. The van der Waals surface area contributed by atoms with Gasteiger partial charge in [0.05, 0.1) is 0 Å². The van der Waals surface area contributed by atoms with Gasteiger partial charge in [0.1, 0.15) is 0 Å². The standard InChI is InChI=1S/C6H7N2.Li/c1-7-6-4-2-3-5-8-6;/h2-5H,1H3;/q-1;+1. The van der Waals surface area contributed by atoms with E-state index in [1.165, 1.54) is 0 Å². The molecule has 0 N–H and O–H groups in total. The molecular formula is C6H7LiN2. The molecule has 9 heavy (non-hydrogen) atoms. The first-order chi connectivity index (χ1) is 3.93. The Morgan fingerprint density at radius 3 is 2.56 bits per heavy atom. The Bertz CT molecular complexity index is 152. The van der Waals surface area contributed by atoms with Crippen LogP contribution in [0, 0.1) is 0 Å². The van der Waals surface area contributed by atoms with Gasteiger partial charge in [0.2, 0.25) is 0 Å². The molecule has 0 saturated carbocycles. The maximum absolute atomic E-state index is 3.93. The molecule has 0 unspecified atom stereocenters. The quantitative estimate of drug-likeness (QED) is 0.418. The van der Waals surface area contributed by atoms with E-state index in [-0.39, 0.29) is 18.9 Å². The second kappa shape index (κ2) is 4.43. The SMILES string of the molecule is C[N-]c1ccccn1.[Li+]. The third-order valence-electron chi connectivity index (χ3n) is 0.878. The summed E-state index contributed by atoms with van der Waals surface area (Å²) in [6, 6.07) is 5.64. The Morgan fingerprint density at radius 1 is 1.44 bits per heavy atom. The second-order valence-corrected chi connectivity index (χ2v) is 1.41. The number of hydrogen-bond acceptors (Lipinski definition) is 1. The fourth-order valence-electron chi connectivity index (χ4n) is 0.486. The zero-order chi connectivity index (χ0) is 5.82. The fraction of sp³-hybridized carbons (Fsp3) is 0.167. The summed E-state index contributed by atoms with van der Waals surface area (Å²) in [4.78, 5) is 3.93. The first-order valence-electron chi connectivity index (χ1n) is 2.44. The van der Waals surface area contributed by atoms with E-state index in [2.05, 4.69) is 10.3 Å². The smallest absolute Gasteiger partial charge is 0.469 e. The summed E-state index contributed by atoms with van der Waals surface area (Å²) in [6.45, 7) is 0. The van der Waals surface area contributed by atoms with Crippen molar-refractivity contribution < 1.29 is 18.9 Å². The van der Waals surface area contributed by atoms with Gasteiger partial charge in [-0.25, -0.2) is 0 Å². The Balaban J connectivity index is 0.000000640. The van der Waals surface area contributed by atoms with Crippen LogP contribution >= 0.6 is 0 Å². The van der Waals surface area contributed by atoms with Crippen LogP contribution in [0.5, 0.6) is 0 Å². The first-order valence-corrected chi connectivity index (χ1v) is 2.44. The zero-order valence-electron chi connectivity index (χ0n) is 5.70. The molecule has 0 atom stereocenters. The molecule has 0 aliphatic heterocycles. The van der Waals surface area contributed by atoms with Gasteiger partial charge in [0.15, 0.2) is 0 Å². The minimum absolute atomic E-state index is 0. The van der Waals surface area contributed by atoms with Crippen molar-refractivity contribution in [2.24, 2.45) is 0 Å². The summed E-state index contributed by atoms with van der Waals surface area (Å²) in [5.74, 6) is 0.785. The molecule has 0 radical (unpaired) electrons. The van der Waals surface area contributed by atoms with Gasteiger partial charge in [-0.15, -0.1) is 0 Å². The van der Waals surface area contributed by atoms with Crippen LogP contribution in [0.1, 0.15) is 0 Å². The molecule has 1 heterocycles. The van der Waals surface area contributed by atoms with Crippen LogP contribution in [-0.2, 0) is 0 Å². The van der Waals surface area contributed by atoms with Gasteiger partial charge in [0.25, 0.3) is 0 Å². The minimum Gasteiger partial charge on any atom is -0.469 e. The van der Waals surface area contributed by atoms with Gasteiger partial charge in [-0.3, -0.25) is 0 Å². The van der Waals surface area contributed by atoms with E-state index in [1.54, 1.807) is 13.2 Å². The number of hydrogen-bond donors (Lipinski definition) is 0. The van der Waals surface area contributed by atoms with Crippen LogP contribution in [0.2, 0.25) is 0 Å². The summed E-state index contributed by atoms with van der Waals surface area (Å²) in [6.07, 6.45) is 1.72. The van der Waals surface area contributed by atoms with Crippen molar-refractivity contribution in [3.05, 3.63) is 29.7 Å². The van der Waals surface area contributed by atoms with Crippen molar-refractivity contribution in [1.29, 1.82) is 0 Å². The predicted octanol–water partition coefficient (Wildman–Crippen LogP) is -1.28. The maximum Gasteiger partial charge on any atom is 1.00 e. The van der Waals surface area contributed by atoms with Gasteiger partial charge < -0.3 is 10.3 Å². The third kappa shape index (κ3) is 2.55. The molecule has 0 saturated heterocycles. The summed E-state index contributed by atoms with van der Waals surface area (Å²) >= 11 is 0. The summed E-state index contributed by atoms with van der Waals surface area (Å²) in [5, 5.41) is 3.86. The molecule has 0 spiro atoms. The van der Waals surface area contributed by atoms with Crippen LogP contribution < -0.4 is 18.9 Å². The molecule has 1 aromatic rings. The van der Waals surface area contributed by atoms with Gasteiger partial charge >= 0.3 is 18.9 Å². The topological polar surface area (TPSA) is 27.0 Å². The molecule has 42 valence electrons. The largest absolute Gasteiger partial charge is 1.00 e. The van der Waals surface area contributed by atoms with Gasteiger partial charge in [0, 0.05) is 0 Å². The fourth-order valence-corrected chi connectivity index (χ4v) is 0.486. The zero-order valence-corrected chi connectivity index (χ0v) is 5.70. The molecule has 0 bridgehead atoms.